The van der Waals surface area contributed by atoms with Gasteiger partial charge in [-0.25, -0.2) is 4.68 Å². The lowest BCUT2D eigenvalue weighted by Crippen LogP contribution is -2.36. The van der Waals surface area contributed by atoms with Gasteiger partial charge in [0.05, 0.1) is 10.8 Å². The Bertz CT molecular complexity index is 410. The minimum atomic E-state index is -0.223. The first-order valence-electron chi connectivity index (χ1n) is 5.97. The van der Waals surface area contributed by atoms with Crippen LogP contribution in [0.3, 0.4) is 0 Å². The molecule has 0 saturated heterocycles. The van der Waals surface area contributed by atoms with Gasteiger partial charge in [-0.2, -0.15) is 0 Å². The fourth-order valence-corrected chi connectivity index (χ4v) is 2.27. The number of tetrazole rings is 1. The largest absolute Gasteiger partial charge is 0.353 e. The van der Waals surface area contributed by atoms with Gasteiger partial charge in [-0.05, 0) is 52.0 Å². The molecule has 0 saturated carbocycles. The van der Waals surface area contributed by atoms with Crippen molar-refractivity contribution in [1.82, 2.24) is 25.5 Å². The van der Waals surface area contributed by atoms with E-state index in [1.165, 1.54) is 11.8 Å². The average Bonchev–Trinajstić information content (AvgIpc) is 2.63. The predicted molar refractivity (Wildman–Crippen MR) is 71.4 cm³/mol. The van der Waals surface area contributed by atoms with E-state index in [1.54, 1.807) is 4.68 Å². The van der Waals surface area contributed by atoms with Crippen molar-refractivity contribution in [2.45, 2.75) is 63.5 Å². The predicted octanol–water partition coefficient (Wildman–Crippen LogP) is 1.43. The Morgan fingerprint density at radius 1 is 1.33 bits per heavy atom. The smallest absolute Gasteiger partial charge is 0.233 e. The van der Waals surface area contributed by atoms with Crippen LogP contribution >= 0.6 is 11.8 Å². The maximum Gasteiger partial charge on any atom is 0.233 e. The highest BCUT2D eigenvalue weighted by Gasteiger charge is 2.24. The maximum absolute atomic E-state index is 11.8. The minimum Gasteiger partial charge on any atom is -0.353 e. The number of carbonyl (C=O) groups excluding carboxylic acids is 1. The Hall–Kier alpha value is -1.11. The lowest BCUT2D eigenvalue weighted by atomic mass is 10.1. The lowest BCUT2D eigenvalue weighted by Gasteiger charge is -2.20. The molecule has 0 aliphatic heterocycles. The van der Waals surface area contributed by atoms with Crippen LogP contribution in [-0.4, -0.2) is 37.4 Å². The fourth-order valence-electron chi connectivity index (χ4n) is 1.29. The third-order valence-corrected chi connectivity index (χ3v) is 3.19. The van der Waals surface area contributed by atoms with Crippen LogP contribution in [0.25, 0.3) is 0 Å². The summed E-state index contributed by atoms with van der Waals surface area (Å²) in [6.45, 7) is 11.8. The van der Waals surface area contributed by atoms with Gasteiger partial charge in [0.2, 0.25) is 11.1 Å². The Labute approximate surface area is 112 Å². The van der Waals surface area contributed by atoms with Gasteiger partial charge in [0.15, 0.2) is 0 Å². The first-order chi connectivity index (χ1) is 8.21. The van der Waals surface area contributed by atoms with E-state index in [0.29, 0.717) is 5.16 Å². The Morgan fingerprint density at radius 3 is 2.44 bits per heavy atom. The molecule has 1 aromatic rings. The summed E-state index contributed by atoms with van der Waals surface area (Å²) in [5, 5.41) is 14.9. The molecule has 1 amide bonds. The molecule has 6 nitrogen and oxygen atoms in total. The first-order valence-corrected chi connectivity index (χ1v) is 6.85. The normalized spacial score (nSPS) is 13.7. The van der Waals surface area contributed by atoms with Gasteiger partial charge in [0.1, 0.15) is 0 Å². The number of hydrogen-bond donors (Lipinski definition) is 1. The molecule has 0 fully saturated rings. The monoisotopic (exact) mass is 271 g/mol. The molecule has 0 aromatic carbocycles. The van der Waals surface area contributed by atoms with Gasteiger partial charge >= 0.3 is 0 Å². The highest BCUT2D eigenvalue weighted by Crippen LogP contribution is 2.24. The molecule has 1 aromatic heterocycles. The summed E-state index contributed by atoms with van der Waals surface area (Å²) >= 11 is 1.37. The summed E-state index contributed by atoms with van der Waals surface area (Å²) in [7, 11) is 0. The van der Waals surface area contributed by atoms with Crippen LogP contribution < -0.4 is 5.32 Å². The van der Waals surface area contributed by atoms with Crippen molar-refractivity contribution in [1.29, 1.82) is 0 Å². The van der Waals surface area contributed by atoms with Crippen LogP contribution in [0.2, 0.25) is 0 Å². The van der Waals surface area contributed by atoms with Crippen molar-refractivity contribution in [2.24, 2.45) is 0 Å². The number of amides is 1. The SMILES string of the molecule is CC(C)NC(=O)C(C)Sc1nnnn1C(C)(C)C. The van der Waals surface area contributed by atoms with Crippen molar-refractivity contribution in [2.75, 3.05) is 0 Å². The summed E-state index contributed by atoms with van der Waals surface area (Å²) in [5.74, 6) is -0.00143. The molecular weight excluding hydrogens is 250 g/mol. The molecule has 1 rings (SSSR count). The van der Waals surface area contributed by atoms with Crippen LogP contribution in [0, 0.1) is 0 Å². The molecular formula is C11H21N5OS. The average molecular weight is 271 g/mol. The van der Waals surface area contributed by atoms with Crippen LogP contribution in [0.15, 0.2) is 5.16 Å². The van der Waals surface area contributed by atoms with E-state index in [1.807, 2.05) is 41.5 Å². The minimum absolute atomic E-state index is 0.00143. The number of nitrogens with zero attached hydrogens (tertiary/aromatic N) is 4. The molecule has 7 heteroatoms. The van der Waals surface area contributed by atoms with E-state index < -0.39 is 0 Å². The second-order valence-electron chi connectivity index (χ2n) is 5.47. The summed E-state index contributed by atoms with van der Waals surface area (Å²) in [6, 6.07) is 0.138. The van der Waals surface area contributed by atoms with E-state index >= 15 is 0 Å². The molecule has 18 heavy (non-hydrogen) atoms. The van der Waals surface area contributed by atoms with Gasteiger partial charge in [-0.3, -0.25) is 4.79 Å². The molecule has 0 aliphatic carbocycles. The highest BCUT2D eigenvalue weighted by atomic mass is 32.2. The molecule has 1 unspecified atom stereocenters. The van der Waals surface area contributed by atoms with Gasteiger partial charge < -0.3 is 5.32 Å². The van der Waals surface area contributed by atoms with E-state index in [4.69, 9.17) is 0 Å². The van der Waals surface area contributed by atoms with Gasteiger partial charge in [0.25, 0.3) is 0 Å². The Kier molecular flexibility index (Phi) is 4.72. The molecule has 0 bridgehead atoms. The van der Waals surface area contributed by atoms with E-state index in [2.05, 4.69) is 20.8 Å². The molecule has 1 heterocycles. The molecule has 1 N–H and O–H groups in total. The Morgan fingerprint density at radius 2 is 1.94 bits per heavy atom. The molecule has 0 spiro atoms. The second kappa shape index (κ2) is 5.69. The lowest BCUT2D eigenvalue weighted by molar-refractivity contribution is -0.120. The maximum atomic E-state index is 11.8. The second-order valence-corrected chi connectivity index (χ2v) is 6.78. The highest BCUT2D eigenvalue weighted by molar-refractivity contribution is 8.00. The number of hydrogen-bond acceptors (Lipinski definition) is 5. The van der Waals surface area contributed by atoms with Gasteiger partial charge in [-0.1, -0.05) is 11.8 Å². The zero-order chi connectivity index (χ0) is 13.9. The van der Waals surface area contributed by atoms with Gasteiger partial charge in [-0.15, -0.1) is 5.10 Å². The van der Waals surface area contributed by atoms with Crippen LogP contribution in [-0.2, 0) is 10.3 Å². The summed E-state index contributed by atoms with van der Waals surface area (Å²) in [5.41, 5.74) is -0.194. The van der Waals surface area contributed by atoms with Gasteiger partial charge in [0, 0.05) is 6.04 Å². The van der Waals surface area contributed by atoms with Crippen molar-refractivity contribution in [3.05, 3.63) is 0 Å². The summed E-state index contributed by atoms with van der Waals surface area (Å²) in [6.07, 6.45) is 0. The fraction of sp³-hybridized carbons (Fsp3) is 0.818. The van der Waals surface area contributed by atoms with E-state index in [9.17, 15) is 4.79 Å². The van der Waals surface area contributed by atoms with Crippen molar-refractivity contribution >= 4 is 17.7 Å². The molecule has 102 valence electrons. The third kappa shape index (κ3) is 3.97. The first kappa shape index (κ1) is 14.9. The quantitative estimate of drug-likeness (QED) is 0.839. The van der Waals surface area contributed by atoms with Crippen molar-refractivity contribution in [3.63, 3.8) is 0 Å². The standard InChI is InChI=1S/C11H21N5OS/c1-7(2)12-9(17)8(3)18-10-13-14-15-16(10)11(4,5)6/h7-8H,1-6H3,(H,12,17). The van der Waals surface area contributed by atoms with Crippen molar-refractivity contribution in [3.8, 4) is 0 Å². The summed E-state index contributed by atoms with van der Waals surface area (Å²) in [4.78, 5) is 11.8. The molecule has 0 aliphatic rings. The number of aromatic nitrogens is 4. The topological polar surface area (TPSA) is 72.7 Å². The zero-order valence-electron chi connectivity index (χ0n) is 11.8. The zero-order valence-corrected chi connectivity index (χ0v) is 12.6. The molecule has 0 radical (unpaired) electrons. The molecule has 1 atom stereocenters. The number of rotatable bonds is 4. The van der Waals surface area contributed by atoms with Crippen LogP contribution in [0.5, 0.6) is 0 Å². The third-order valence-electron chi connectivity index (χ3n) is 2.16. The van der Waals surface area contributed by atoms with E-state index in [-0.39, 0.29) is 22.7 Å². The van der Waals surface area contributed by atoms with E-state index in [0.717, 1.165) is 0 Å². The number of thioether (sulfide) groups is 1. The van der Waals surface area contributed by atoms with Crippen LogP contribution in [0.1, 0.15) is 41.5 Å². The number of nitrogens with one attached hydrogen (secondary N) is 1. The summed E-state index contributed by atoms with van der Waals surface area (Å²) < 4.78 is 1.73. The Balaban J connectivity index is 2.74. The number of carbonyl (C=O) groups is 1. The van der Waals surface area contributed by atoms with Crippen LogP contribution in [0.4, 0.5) is 0 Å². The van der Waals surface area contributed by atoms with Crippen molar-refractivity contribution < 1.29 is 4.79 Å².